The molecule has 0 spiro atoms. The van der Waals surface area contributed by atoms with Gasteiger partial charge in [-0.05, 0) is 18.4 Å². The Kier molecular flexibility index (Phi) is 3.56. The summed E-state index contributed by atoms with van der Waals surface area (Å²) in [6.45, 7) is 6.12. The molecule has 1 N–H and O–H groups in total. The third-order valence-corrected chi connectivity index (χ3v) is 1.82. The van der Waals surface area contributed by atoms with Crippen molar-refractivity contribution in [2.45, 2.75) is 33.1 Å². The lowest BCUT2D eigenvalue weighted by Gasteiger charge is -2.04. The lowest BCUT2D eigenvalue weighted by molar-refractivity contribution is 0.700. The van der Waals surface area contributed by atoms with E-state index >= 15 is 0 Å². The highest BCUT2D eigenvalue weighted by atomic mass is 15.4. The van der Waals surface area contributed by atoms with Crippen LogP contribution in [0.15, 0.2) is 17.4 Å². The highest BCUT2D eigenvalue weighted by molar-refractivity contribution is 5.56. The first kappa shape index (κ1) is 10.6. The molecule has 0 saturated heterocycles. The van der Waals surface area contributed by atoms with Crippen molar-refractivity contribution in [3.8, 4) is 0 Å². The van der Waals surface area contributed by atoms with Crippen LogP contribution in [0, 0.1) is 5.41 Å². The normalized spacial score (nSPS) is 11.4. The van der Waals surface area contributed by atoms with Crippen molar-refractivity contribution in [3.05, 3.63) is 23.6 Å². The fourth-order valence-corrected chi connectivity index (χ4v) is 1.01. The molecular weight excluding hydrogens is 176 g/mol. The minimum atomic E-state index is 0.181. The average Bonchev–Trinajstić information content (AvgIpc) is 2.15. The molecule has 1 aromatic heterocycles. The molecular formula is C10H16N4. The molecule has 0 unspecified atom stereocenters. The average molecular weight is 192 g/mol. The van der Waals surface area contributed by atoms with Gasteiger partial charge in [0.25, 0.3) is 0 Å². The molecule has 0 bridgehead atoms. The Balaban J connectivity index is 3.02. The van der Waals surface area contributed by atoms with Crippen molar-refractivity contribution >= 4 is 6.21 Å². The Bertz CT molecular complexity index is 376. The van der Waals surface area contributed by atoms with Gasteiger partial charge >= 0.3 is 0 Å². The highest BCUT2D eigenvalue weighted by Gasteiger charge is 2.00. The van der Waals surface area contributed by atoms with Gasteiger partial charge in [0.2, 0.25) is 5.62 Å². The zero-order chi connectivity index (χ0) is 10.6. The fraction of sp³-hybridized carbons (Fsp3) is 0.500. The van der Waals surface area contributed by atoms with Crippen molar-refractivity contribution in [1.82, 2.24) is 9.66 Å². The monoisotopic (exact) mass is 192 g/mol. The summed E-state index contributed by atoms with van der Waals surface area (Å²) in [5.41, 5.74) is 1.11. The van der Waals surface area contributed by atoms with Crippen LogP contribution in [0.25, 0.3) is 0 Å². The van der Waals surface area contributed by atoms with Crippen LogP contribution >= 0.6 is 0 Å². The minimum Gasteiger partial charge on any atom is -0.265 e. The molecule has 1 aromatic rings. The van der Waals surface area contributed by atoms with Gasteiger partial charge in [-0.1, -0.05) is 20.8 Å². The topological polar surface area (TPSA) is 54.0 Å². The molecule has 0 atom stereocenters. The first-order chi connectivity index (χ1) is 6.65. The minimum absolute atomic E-state index is 0.181. The summed E-state index contributed by atoms with van der Waals surface area (Å²) >= 11 is 0. The zero-order valence-electron chi connectivity index (χ0n) is 8.86. The molecule has 0 fully saturated rings. The van der Waals surface area contributed by atoms with E-state index in [2.05, 4.69) is 23.9 Å². The van der Waals surface area contributed by atoms with E-state index in [0.29, 0.717) is 5.92 Å². The third kappa shape index (κ3) is 2.52. The van der Waals surface area contributed by atoms with E-state index < -0.39 is 0 Å². The smallest absolute Gasteiger partial charge is 0.243 e. The summed E-state index contributed by atoms with van der Waals surface area (Å²) in [6, 6.07) is 1.90. The molecule has 1 rings (SSSR count). The van der Waals surface area contributed by atoms with Crippen LogP contribution in [-0.2, 0) is 0 Å². The van der Waals surface area contributed by atoms with Gasteiger partial charge in [0.1, 0.15) is 0 Å². The molecule has 4 nitrogen and oxygen atoms in total. The number of nitrogens with zero attached hydrogens (tertiary/aromatic N) is 3. The van der Waals surface area contributed by atoms with E-state index in [4.69, 9.17) is 5.41 Å². The second-order valence-corrected chi connectivity index (χ2v) is 3.38. The Labute approximate surface area is 83.8 Å². The van der Waals surface area contributed by atoms with E-state index in [-0.39, 0.29) is 5.62 Å². The van der Waals surface area contributed by atoms with Gasteiger partial charge in [0, 0.05) is 18.1 Å². The van der Waals surface area contributed by atoms with Crippen LogP contribution in [0.5, 0.6) is 0 Å². The predicted octanol–water partition coefficient (Wildman–Crippen LogP) is 1.73. The Hall–Kier alpha value is -1.45. The van der Waals surface area contributed by atoms with Gasteiger partial charge in [-0.3, -0.25) is 5.41 Å². The summed E-state index contributed by atoms with van der Waals surface area (Å²) in [4.78, 5) is 4.14. The van der Waals surface area contributed by atoms with Gasteiger partial charge < -0.3 is 0 Å². The molecule has 0 aliphatic carbocycles. The molecule has 0 amide bonds. The maximum absolute atomic E-state index is 7.62. The Morgan fingerprint density at radius 3 is 2.86 bits per heavy atom. The molecule has 0 aliphatic rings. The standard InChI is InChI=1S/C10H16N4/c1-4-6-12-14-7-5-9(8(2)3)13-10(14)11/h5-8,11H,4H2,1-3H3/b11-10?,12-6-. The van der Waals surface area contributed by atoms with Crippen LogP contribution in [0.4, 0.5) is 0 Å². The van der Waals surface area contributed by atoms with Gasteiger partial charge in [0.05, 0.1) is 0 Å². The highest BCUT2D eigenvalue weighted by Crippen LogP contribution is 2.07. The van der Waals surface area contributed by atoms with E-state index in [1.807, 2.05) is 13.0 Å². The summed E-state index contributed by atoms with van der Waals surface area (Å²) in [6.07, 6.45) is 4.39. The summed E-state index contributed by atoms with van der Waals surface area (Å²) in [5, 5.41) is 11.7. The van der Waals surface area contributed by atoms with Crippen molar-refractivity contribution in [2.75, 3.05) is 0 Å². The predicted molar refractivity (Wildman–Crippen MR) is 56.4 cm³/mol. The number of nitrogens with one attached hydrogen (secondary N) is 1. The fourth-order valence-electron chi connectivity index (χ4n) is 1.01. The van der Waals surface area contributed by atoms with Crippen molar-refractivity contribution in [3.63, 3.8) is 0 Å². The van der Waals surface area contributed by atoms with Crippen LogP contribution in [0.1, 0.15) is 38.8 Å². The van der Waals surface area contributed by atoms with Crippen LogP contribution in [0.3, 0.4) is 0 Å². The van der Waals surface area contributed by atoms with Crippen LogP contribution < -0.4 is 5.62 Å². The lowest BCUT2D eigenvalue weighted by Crippen LogP contribution is -2.21. The molecule has 0 radical (unpaired) electrons. The molecule has 4 heteroatoms. The first-order valence-corrected chi connectivity index (χ1v) is 4.82. The first-order valence-electron chi connectivity index (χ1n) is 4.82. The summed E-state index contributed by atoms with van der Waals surface area (Å²) in [5.74, 6) is 0.351. The largest absolute Gasteiger partial charge is 0.265 e. The zero-order valence-corrected chi connectivity index (χ0v) is 8.86. The molecule has 0 saturated carbocycles. The number of hydrogen-bond acceptors (Lipinski definition) is 3. The SMILES string of the molecule is CC/C=N\n1ccc(C(C)C)nc1=N. The van der Waals surface area contributed by atoms with Crippen molar-refractivity contribution in [1.29, 1.82) is 5.41 Å². The third-order valence-electron chi connectivity index (χ3n) is 1.82. The van der Waals surface area contributed by atoms with Crippen LogP contribution in [-0.4, -0.2) is 15.9 Å². The van der Waals surface area contributed by atoms with Gasteiger partial charge in [-0.2, -0.15) is 5.10 Å². The summed E-state index contributed by atoms with van der Waals surface area (Å²) < 4.78 is 1.47. The van der Waals surface area contributed by atoms with Gasteiger partial charge in [-0.15, -0.1) is 0 Å². The molecule has 76 valence electrons. The molecule has 0 aromatic carbocycles. The quantitative estimate of drug-likeness (QED) is 0.728. The Morgan fingerprint density at radius 1 is 1.64 bits per heavy atom. The van der Waals surface area contributed by atoms with Crippen molar-refractivity contribution in [2.24, 2.45) is 5.10 Å². The second-order valence-electron chi connectivity index (χ2n) is 3.38. The number of hydrogen-bond donors (Lipinski definition) is 1. The second kappa shape index (κ2) is 4.69. The number of aromatic nitrogens is 2. The lowest BCUT2D eigenvalue weighted by atomic mass is 10.1. The van der Waals surface area contributed by atoms with Gasteiger partial charge in [-0.25, -0.2) is 9.66 Å². The maximum Gasteiger partial charge on any atom is 0.243 e. The molecule has 14 heavy (non-hydrogen) atoms. The van der Waals surface area contributed by atoms with E-state index in [0.717, 1.165) is 12.1 Å². The van der Waals surface area contributed by atoms with E-state index in [9.17, 15) is 0 Å². The van der Waals surface area contributed by atoms with Crippen LogP contribution in [0.2, 0.25) is 0 Å². The Morgan fingerprint density at radius 2 is 2.36 bits per heavy atom. The molecule has 0 aliphatic heterocycles. The van der Waals surface area contributed by atoms with E-state index in [1.54, 1.807) is 12.4 Å². The van der Waals surface area contributed by atoms with E-state index in [1.165, 1.54) is 4.68 Å². The van der Waals surface area contributed by atoms with Crippen molar-refractivity contribution < 1.29 is 0 Å². The summed E-state index contributed by atoms with van der Waals surface area (Å²) in [7, 11) is 0. The number of rotatable bonds is 3. The molecule has 1 heterocycles. The van der Waals surface area contributed by atoms with Gasteiger partial charge in [0.15, 0.2) is 0 Å². The maximum atomic E-state index is 7.62.